The van der Waals surface area contributed by atoms with E-state index in [9.17, 15) is 4.79 Å². The third-order valence-corrected chi connectivity index (χ3v) is 3.85. The summed E-state index contributed by atoms with van der Waals surface area (Å²) in [5.74, 6) is -0.0426. The Morgan fingerprint density at radius 1 is 1.12 bits per heavy atom. The van der Waals surface area contributed by atoms with Crippen molar-refractivity contribution in [3.8, 4) is 0 Å². The topological polar surface area (TPSA) is 56.3 Å². The van der Waals surface area contributed by atoms with Gasteiger partial charge in [-0.15, -0.1) is 0 Å². The van der Waals surface area contributed by atoms with Gasteiger partial charge >= 0.3 is 5.97 Å². The predicted molar refractivity (Wildman–Crippen MR) is 69.1 cm³/mol. The standard InChI is InChI=1S/C13H28NO2.H2O/c1-6-10-11-12(13(15)16-5)14(7-2,8-3)9-4;/h12H,6-11H2,1-5H3;1H2/q+1;/p-1. The van der Waals surface area contributed by atoms with Crippen molar-refractivity contribution in [2.45, 2.75) is 53.0 Å². The molecule has 104 valence electrons. The van der Waals surface area contributed by atoms with Crippen LogP contribution in [0.1, 0.15) is 47.0 Å². The van der Waals surface area contributed by atoms with Gasteiger partial charge in [0.2, 0.25) is 0 Å². The van der Waals surface area contributed by atoms with E-state index in [0.717, 1.165) is 43.4 Å². The van der Waals surface area contributed by atoms with E-state index in [4.69, 9.17) is 4.74 Å². The molecule has 1 unspecified atom stereocenters. The fraction of sp³-hybridized carbons (Fsp3) is 0.923. The molecule has 0 heterocycles. The Kier molecular flexibility index (Phi) is 10.4. The summed E-state index contributed by atoms with van der Waals surface area (Å²) < 4.78 is 5.82. The molecule has 0 aliphatic carbocycles. The summed E-state index contributed by atoms with van der Waals surface area (Å²) in [5, 5.41) is 0. The third kappa shape index (κ3) is 4.64. The van der Waals surface area contributed by atoms with Gasteiger partial charge in [0.15, 0.2) is 6.04 Å². The Morgan fingerprint density at radius 2 is 1.59 bits per heavy atom. The summed E-state index contributed by atoms with van der Waals surface area (Å²) in [5.41, 5.74) is 0. The lowest BCUT2D eigenvalue weighted by Crippen LogP contribution is -2.58. The molecule has 0 saturated carbocycles. The highest BCUT2D eigenvalue weighted by Gasteiger charge is 2.38. The first-order valence-corrected chi connectivity index (χ1v) is 6.55. The van der Waals surface area contributed by atoms with Crippen LogP contribution in [-0.4, -0.2) is 48.7 Å². The number of carbonyl (C=O) groups is 1. The van der Waals surface area contributed by atoms with Crippen molar-refractivity contribution in [2.24, 2.45) is 0 Å². The van der Waals surface area contributed by atoms with Gasteiger partial charge in [0.05, 0.1) is 26.7 Å². The van der Waals surface area contributed by atoms with E-state index in [1.807, 2.05) is 0 Å². The monoisotopic (exact) mass is 247 g/mol. The van der Waals surface area contributed by atoms with Crippen molar-refractivity contribution < 1.29 is 19.5 Å². The maximum atomic E-state index is 11.9. The summed E-state index contributed by atoms with van der Waals surface area (Å²) >= 11 is 0. The number of esters is 1. The number of likely N-dealkylation sites (N-methyl/N-ethyl adjacent to an activating group) is 1. The van der Waals surface area contributed by atoms with Crippen LogP contribution in [0.2, 0.25) is 0 Å². The maximum absolute atomic E-state index is 11.9. The molecule has 0 aromatic heterocycles. The molecule has 0 radical (unpaired) electrons. The second-order valence-corrected chi connectivity index (χ2v) is 4.35. The summed E-state index contributed by atoms with van der Waals surface area (Å²) in [4.78, 5) is 11.9. The third-order valence-electron chi connectivity index (χ3n) is 3.85. The number of hydrogen-bond donors (Lipinski definition) is 0. The average Bonchev–Trinajstić information content (AvgIpc) is 2.34. The smallest absolute Gasteiger partial charge is 0.364 e. The molecule has 0 spiro atoms. The fourth-order valence-electron chi connectivity index (χ4n) is 2.48. The molecule has 1 N–H and O–H groups in total. The molecule has 0 rings (SSSR count). The minimum atomic E-state index is -0.0426. The molecule has 0 aromatic carbocycles. The zero-order chi connectivity index (χ0) is 12.6. The minimum Gasteiger partial charge on any atom is -0.870 e. The molecule has 17 heavy (non-hydrogen) atoms. The van der Waals surface area contributed by atoms with Gasteiger partial charge in [0, 0.05) is 6.42 Å². The van der Waals surface area contributed by atoms with Gasteiger partial charge < -0.3 is 14.7 Å². The highest BCUT2D eigenvalue weighted by Crippen LogP contribution is 2.20. The van der Waals surface area contributed by atoms with Crippen LogP contribution in [0, 0.1) is 0 Å². The Bertz CT molecular complexity index is 195. The van der Waals surface area contributed by atoms with Crippen molar-refractivity contribution in [1.82, 2.24) is 0 Å². The SMILES string of the molecule is CCCCC(C(=O)OC)[N+](CC)(CC)CC.[OH-]. The predicted octanol–water partition coefficient (Wildman–Crippen LogP) is 2.42. The zero-order valence-electron chi connectivity index (χ0n) is 12.0. The normalized spacial score (nSPS) is 12.8. The first-order chi connectivity index (χ1) is 7.61. The Labute approximate surface area is 106 Å². The molecular formula is C13H29NO3. The van der Waals surface area contributed by atoms with E-state index in [1.165, 1.54) is 7.11 Å². The average molecular weight is 247 g/mol. The highest BCUT2D eigenvalue weighted by atomic mass is 16.5. The van der Waals surface area contributed by atoms with Gasteiger partial charge in [-0.2, -0.15) is 0 Å². The van der Waals surface area contributed by atoms with E-state index in [2.05, 4.69) is 27.7 Å². The van der Waals surface area contributed by atoms with E-state index < -0.39 is 0 Å². The molecular weight excluding hydrogens is 218 g/mol. The van der Waals surface area contributed by atoms with Gasteiger partial charge in [-0.05, 0) is 27.2 Å². The minimum absolute atomic E-state index is 0. The number of unbranched alkanes of at least 4 members (excludes halogenated alkanes) is 1. The lowest BCUT2D eigenvalue weighted by Gasteiger charge is -2.41. The van der Waals surface area contributed by atoms with E-state index >= 15 is 0 Å². The molecule has 0 aliphatic rings. The van der Waals surface area contributed by atoms with Crippen LogP contribution in [0.3, 0.4) is 0 Å². The fourth-order valence-corrected chi connectivity index (χ4v) is 2.48. The van der Waals surface area contributed by atoms with Crippen LogP contribution in [0.25, 0.3) is 0 Å². The quantitative estimate of drug-likeness (QED) is 0.489. The molecule has 0 aliphatic heterocycles. The number of hydrogen-bond acceptors (Lipinski definition) is 3. The second kappa shape index (κ2) is 9.42. The number of quaternary nitrogens is 1. The van der Waals surface area contributed by atoms with Crippen molar-refractivity contribution in [2.75, 3.05) is 26.7 Å². The first-order valence-electron chi connectivity index (χ1n) is 6.55. The molecule has 0 bridgehead atoms. The van der Waals surface area contributed by atoms with Crippen LogP contribution >= 0.6 is 0 Å². The van der Waals surface area contributed by atoms with Crippen molar-refractivity contribution >= 4 is 5.97 Å². The van der Waals surface area contributed by atoms with Crippen LogP contribution in [0.4, 0.5) is 0 Å². The van der Waals surface area contributed by atoms with E-state index in [0.29, 0.717) is 0 Å². The molecule has 0 saturated heterocycles. The van der Waals surface area contributed by atoms with Crippen molar-refractivity contribution in [3.05, 3.63) is 0 Å². The number of rotatable bonds is 8. The lowest BCUT2D eigenvalue weighted by molar-refractivity contribution is -0.939. The largest absolute Gasteiger partial charge is 0.870 e. The van der Waals surface area contributed by atoms with Crippen LogP contribution in [0.15, 0.2) is 0 Å². The van der Waals surface area contributed by atoms with E-state index in [1.54, 1.807) is 0 Å². The number of nitrogens with zero attached hydrogens (tertiary/aromatic N) is 1. The number of carbonyl (C=O) groups excluding carboxylic acids is 1. The van der Waals surface area contributed by atoms with Gasteiger partial charge in [-0.1, -0.05) is 13.3 Å². The highest BCUT2D eigenvalue weighted by molar-refractivity contribution is 5.74. The lowest BCUT2D eigenvalue weighted by atomic mass is 10.0. The molecule has 0 amide bonds. The van der Waals surface area contributed by atoms with Crippen LogP contribution < -0.4 is 0 Å². The van der Waals surface area contributed by atoms with Gasteiger partial charge in [-0.25, -0.2) is 4.79 Å². The van der Waals surface area contributed by atoms with Crippen LogP contribution in [0.5, 0.6) is 0 Å². The molecule has 4 nitrogen and oxygen atoms in total. The molecule has 0 fully saturated rings. The van der Waals surface area contributed by atoms with E-state index in [-0.39, 0.29) is 17.5 Å². The van der Waals surface area contributed by atoms with Crippen molar-refractivity contribution in [3.63, 3.8) is 0 Å². The van der Waals surface area contributed by atoms with Crippen molar-refractivity contribution in [1.29, 1.82) is 0 Å². The summed E-state index contributed by atoms with van der Waals surface area (Å²) in [6.45, 7) is 11.6. The van der Waals surface area contributed by atoms with Gasteiger partial charge in [-0.3, -0.25) is 0 Å². The Hall–Kier alpha value is -0.610. The molecule has 0 aromatic rings. The second-order valence-electron chi connectivity index (χ2n) is 4.35. The van der Waals surface area contributed by atoms with Crippen LogP contribution in [-0.2, 0) is 9.53 Å². The summed E-state index contributed by atoms with van der Waals surface area (Å²) in [6.07, 6.45) is 3.17. The number of methoxy groups -OCH3 is 1. The molecule has 4 heteroatoms. The Balaban J connectivity index is 0. The maximum Gasteiger partial charge on any atom is 0.364 e. The first kappa shape index (κ1) is 18.7. The number of ether oxygens (including phenoxy) is 1. The Morgan fingerprint density at radius 3 is 1.88 bits per heavy atom. The van der Waals surface area contributed by atoms with Gasteiger partial charge in [0.25, 0.3) is 0 Å². The zero-order valence-corrected chi connectivity index (χ0v) is 12.0. The van der Waals surface area contributed by atoms with Gasteiger partial charge in [0.1, 0.15) is 0 Å². The summed E-state index contributed by atoms with van der Waals surface area (Å²) in [7, 11) is 1.50. The molecule has 1 atom stereocenters. The summed E-state index contributed by atoms with van der Waals surface area (Å²) in [6, 6.07) is 0.0185.